The number of halogens is 1. The molecule has 22 heavy (non-hydrogen) atoms. The molecule has 2 heterocycles. The number of hydrogen-bond acceptors (Lipinski definition) is 4. The van der Waals surface area contributed by atoms with E-state index in [1.165, 1.54) is 32.2 Å². The molecular formula is C15H20FN3O3. The predicted octanol–water partition coefficient (Wildman–Crippen LogP) is 1.42. The molecule has 1 aromatic heterocycles. The Bertz CT molecular complexity index is 577. The van der Waals surface area contributed by atoms with Crippen LogP contribution < -0.4 is 10.2 Å². The fourth-order valence-electron chi connectivity index (χ4n) is 2.44. The van der Waals surface area contributed by atoms with E-state index >= 15 is 0 Å². The third kappa shape index (κ3) is 3.72. The maximum absolute atomic E-state index is 13.7. The lowest BCUT2D eigenvalue weighted by Gasteiger charge is -2.21. The molecule has 1 saturated heterocycles. The number of aromatic nitrogens is 1. The van der Waals surface area contributed by atoms with Gasteiger partial charge in [0.15, 0.2) is 11.6 Å². The van der Waals surface area contributed by atoms with Crippen molar-refractivity contribution in [2.75, 3.05) is 18.0 Å². The van der Waals surface area contributed by atoms with E-state index in [4.69, 9.17) is 5.11 Å². The van der Waals surface area contributed by atoms with Crippen molar-refractivity contribution in [1.29, 1.82) is 0 Å². The van der Waals surface area contributed by atoms with Gasteiger partial charge in [0.2, 0.25) is 5.91 Å². The van der Waals surface area contributed by atoms with Gasteiger partial charge in [0, 0.05) is 31.7 Å². The molecule has 120 valence electrons. The molecule has 1 aromatic rings. The Morgan fingerprint density at radius 3 is 2.91 bits per heavy atom. The summed E-state index contributed by atoms with van der Waals surface area (Å²) >= 11 is 0. The fourth-order valence-corrected chi connectivity index (χ4v) is 2.44. The van der Waals surface area contributed by atoms with Gasteiger partial charge in [0.1, 0.15) is 0 Å². The highest BCUT2D eigenvalue weighted by atomic mass is 19.1. The van der Waals surface area contributed by atoms with Crippen LogP contribution in [0.25, 0.3) is 0 Å². The molecule has 1 amide bonds. The molecule has 0 aliphatic carbocycles. The number of carboxylic acids is 1. The summed E-state index contributed by atoms with van der Waals surface area (Å²) in [5.74, 6) is -1.42. The highest BCUT2D eigenvalue weighted by Gasteiger charge is 2.32. The van der Waals surface area contributed by atoms with Crippen molar-refractivity contribution in [3.8, 4) is 0 Å². The molecule has 6 nitrogen and oxygen atoms in total. The topological polar surface area (TPSA) is 82.5 Å². The Morgan fingerprint density at radius 2 is 2.27 bits per heavy atom. The van der Waals surface area contributed by atoms with E-state index < -0.39 is 11.4 Å². The van der Waals surface area contributed by atoms with Gasteiger partial charge in [0.25, 0.3) is 0 Å². The number of nitrogens with zero attached hydrogens (tertiary/aromatic N) is 2. The van der Waals surface area contributed by atoms with Crippen LogP contribution in [0.3, 0.4) is 0 Å². The van der Waals surface area contributed by atoms with Gasteiger partial charge in [-0.25, -0.2) is 9.37 Å². The molecule has 0 saturated carbocycles. The summed E-state index contributed by atoms with van der Waals surface area (Å²) in [6, 6.07) is 2.75. The first-order chi connectivity index (χ1) is 10.3. The van der Waals surface area contributed by atoms with E-state index in [2.05, 4.69) is 10.3 Å². The van der Waals surface area contributed by atoms with Crippen molar-refractivity contribution >= 4 is 17.7 Å². The lowest BCUT2D eigenvalue weighted by atomic mass is 9.89. The van der Waals surface area contributed by atoms with E-state index in [1.54, 1.807) is 4.90 Å². The van der Waals surface area contributed by atoms with Gasteiger partial charge in [-0.1, -0.05) is 0 Å². The standard InChI is InChI=1S/C15H20FN3O3/c1-15(2,14(21)22)8-12(20)18-10-5-7-19(9-10)13-11(16)4-3-6-17-13/h3-4,6,10H,5,7-9H2,1-2H3,(H,18,20)(H,21,22). The van der Waals surface area contributed by atoms with E-state index in [0.717, 1.165) is 0 Å². The number of carbonyl (C=O) groups is 2. The van der Waals surface area contributed by atoms with Crippen molar-refractivity contribution in [3.63, 3.8) is 0 Å². The third-order valence-corrected chi connectivity index (χ3v) is 3.77. The molecule has 2 N–H and O–H groups in total. The number of carboxylic acid groups (broad SMARTS) is 1. The zero-order chi connectivity index (χ0) is 16.3. The van der Waals surface area contributed by atoms with Crippen LogP contribution in [-0.4, -0.2) is 41.1 Å². The largest absolute Gasteiger partial charge is 0.481 e. The average Bonchev–Trinajstić information content (AvgIpc) is 2.86. The zero-order valence-electron chi connectivity index (χ0n) is 12.7. The summed E-state index contributed by atoms with van der Waals surface area (Å²) in [6.07, 6.45) is 2.12. The van der Waals surface area contributed by atoms with Gasteiger partial charge in [-0.2, -0.15) is 0 Å². The maximum atomic E-state index is 13.7. The quantitative estimate of drug-likeness (QED) is 0.859. The number of rotatable bonds is 5. The van der Waals surface area contributed by atoms with Crippen molar-refractivity contribution < 1.29 is 19.1 Å². The van der Waals surface area contributed by atoms with Gasteiger partial charge in [-0.3, -0.25) is 9.59 Å². The normalized spacial score (nSPS) is 18.3. The molecule has 1 fully saturated rings. The van der Waals surface area contributed by atoms with Crippen LogP contribution in [0.1, 0.15) is 26.7 Å². The van der Waals surface area contributed by atoms with Crippen LogP contribution in [0.15, 0.2) is 18.3 Å². The van der Waals surface area contributed by atoms with Crippen molar-refractivity contribution in [3.05, 3.63) is 24.1 Å². The van der Waals surface area contributed by atoms with Crippen molar-refractivity contribution in [2.24, 2.45) is 5.41 Å². The van der Waals surface area contributed by atoms with Crippen LogP contribution >= 0.6 is 0 Å². The van der Waals surface area contributed by atoms with E-state index in [-0.39, 0.29) is 30.0 Å². The summed E-state index contributed by atoms with van der Waals surface area (Å²) in [7, 11) is 0. The van der Waals surface area contributed by atoms with Gasteiger partial charge < -0.3 is 15.3 Å². The van der Waals surface area contributed by atoms with E-state index in [1.807, 2.05) is 0 Å². The summed E-state index contributed by atoms with van der Waals surface area (Å²) in [6.45, 7) is 4.09. The molecule has 1 atom stereocenters. The number of hydrogen-bond donors (Lipinski definition) is 2. The second-order valence-corrected chi connectivity index (χ2v) is 6.17. The van der Waals surface area contributed by atoms with Gasteiger partial charge in [0.05, 0.1) is 5.41 Å². The van der Waals surface area contributed by atoms with Crippen LogP contribution in [-0.2, 0) is 9.59 Å². The summed E-state index contributed by atoms with van der Waals surface area (Å²) in [5, 5.41) is 11.8. The number of nitrogens with one attached hydrogen (secondary N) is 1. The summed E-state index contributed by atoms with van der Waals surface area (Å²) in [4.78, 5) is 28.8. The molecule has 0 bridgehead atoms. The molecule has 2 rings (SSSR count). The first kappa shape index (κ1) is 16.2. The summed E-state index contributed by atoms with van der Waals surface area (Å²) < 4.78 is 13.7. The second kappa shape index (κ2) is 6.29. The first-order valence-corrected chi connectivity index (χ1v) is 7.18. The Labute approximate surface area is 128 Å². The average molecular weight is 309 g/mol. The van der Waals surface area contributed by atoms with Gasteiger partial charge >= 0.3 is 5.97 Å². The number of amides is 1. The predicted molar refractivity (Wildman–Crippen MR) is 79.0 cm³/mol. The van der Waals surface area contributed by atoms with Crippen molar-refractivity contribution in [2.45, 2.75) is 32.7 Å². The molecule has 1 aliphatic rings. The Hall–Kier alpha value is -2.18. The highest BCUT2D eigenvalue weighted by molar-refractivity contribution is 5.84. The van der Waals surface area contributed by atoms with E-state index in [0.29, 0.717) is 19.5 Å². The summed E-state index contributed by atoms with van der Waals surface area (Å²) in [5.41, 5.74) is -1.10. The smallest absolute Gasteiger partial charge is 0.309 e. The number of anilines is 1. The van der Waals surface area contributed by atoms with Gasteiger partial charge in [-0.15, -0.1) is 0 Å². The Balaban J connectivity index is 1.90. The van der Waals surface area contributed by atoms with Crippen molar-refractivity contribution in [1.82, 2.24) is 10.3 Å². The monoisotopic (exact) mass is 309 g/mol. The third-order valence-electron chi connectivity index (χ3n) is 3.77. The number of aliphatic carboxylic acids is 1. The second-order valence-electron chi connectivity index (χ2n) is 6.17. The maximum Gasteiger partial charge on any atom is 0.309 e. The van der Waals surface area contributed by atoms with Crippen LogP contribution in [0, 0.1) is 11.2 Å². The molecule has 0 spiro atoms. The van der Waals surface area contributed by atoms with Crippen LogP contribution in [0.2, 0.25) is 0 Å². The van der Waals surface area contributed by atoms with Gasteiger partial charge in [-0.05, 0) is 32.4 Å². The Kier molecular flexibility index (Phi) is 4.63. The zero-order valence-corrected chi connectivity index (χ0v) is 12.7. The molecule has 0 radical (unpaired) electrons. The lowest BCUT2D eigenvalue weighted by Crippen LogP contribution is -2.40. The molecule has 7 heteroatoms. The fraction of sp³-hybridized carbons (Fsp3) is 0.533. The lowest BCUT2D eigenvalue weighted by molar-refractivity contribution is -0.149. The highest BCUT2D eigenvalue weighted by Crippen LogP contribution is 2.23. The van der Waals surface area contributed by atoms with E-state index in [9.17, 15) is 14.0 Å². The minimum absolute atomic E-state index is 0.0865. The molecule has 0 aromatic carbocycles. The minimum atomic E-state index is -1.10. The molecular weight excluding hydrogens is 289 g/mol. The van der Waals surface area contributed by atoms with Crippen LogP contribution in [0.5, 0.6) is 0 Å². The first-order valence-electron chi connectivity index (χ1n) is 7.18. The number of pyridine rings is 1. The Morgan fingerprint density at radius 1 is 1.55 bits per heavy atom. The number of carbonyl (C=O) groups excluding carboxylic acids is 1. The molecule has 1 aliphatic heterocycles. The minimum Gasteiger partial charge on any atom is -0.481 e. The SMILES string of the molecule is CC(C)(CC(=O)NC1CCN(c2ncccc2F)C1)C(=O)O. The van der Waals surface area contributed by atoms with Crippen LogP contribution in [0.4, 0.5) is 10.2 Å². The molecule has 1 unspecified atom stereocenters.